The first-order chi connectivity index (χ1) is 16.6. The fourth-order valence-corrected chi connectivity index (χ4v) is 6.08. The summed E-state index contributed by atoms with van der Waals surface area (Å²) in [5, 5.41) is 11.8. The number of ether oxygens (including phenoxy) is 1. The predicted molar refractivity (Wildman–Crippen MR) is 136 cm³/mol. The van der Waals surface area contributed by atoms with E-state index in [1.165, 1.54) is 45.2 Å². The van der Waals surface area contributed by atoms with E-state index in [-0.39, 0.29) is 11.4 Å². The normalized spacial score (nSPS) is 21.3. The number of methoxy groups -OCH3 is 1. The van der Waals surface area contributed by atoms with Crippen LogP contribution in [0.2, 0.25) is 0 Å². The largest absolute Gasteiger partial charge is 0.507 e. The number of rotatable bonds is 11. The van der Waals surface area contributed by atoms with Crippen LogP contribution in [0.3, 0.4) is 0 Å². The third kappa shape index (κ3) is 6.02. The fourth-order valence-electron chi connectivity index (χ4n) is 6.08. The first kappa shape index (κ1) is 25.2. The van der Waals surface area contributed by atoms with Gasteiger partial charge in [0, 0.05) is 50.8 Å². The van der Waals surface area contributed by atoms with Gasteiger partial charge in [0.25, 0.3) is 0 Å². The van der Waals surface area contributed by atoms with Gasteiger partial charge in [-0.05, 0) is 81.6 Å². The predicted octanol–water partition coefficient (Wildman–Crippen LogP) is 4.94. The zero-order valence-corrected chi connectivity index (χ0v) is 21.1. The van der Waals surface area contributed by atoms with Gasteiger partial charge in [-0.2, -0.15) is 0 Å². The molecule has 0 radical (unpaired) electrons. The molecular formula is C28H42N2O4. The molecule has 2 unspecified atom stereocenters. The second-order valence-corrected chi connectivity index (χ2v) is 10.2. The highest BCUT2D eigenvalue weighted by molar-refractivity contribution is 5.85. The van der Waals surface area contributed by atoms with E-state index < -0.39 is 0 Å². The Morgan fingerprint density at radius 3 is 2.85 bits per heavy atom. The van der Waals surface area contributed by atoms with Gasteiger partial charge in [0.15, 0.2) is 0 Å². The molecule has 6 nitrogen and oxygen atoms in total. The summed E-state index contributed by atoms with van der Waals surface area (Å²) in [5.41, 5.74) is 1.98. The third-order valence-electron chi connectivity index (χ3n) is 7.80. The Morgan fingerprint density at radius 2 is 2.03 bits per heavy atom. The molecule has 1 aromatic carbocycles. The zero-order valence-electron chi connectivity index (χ0n) is 21.1. The summed E-state index contributed by atoms with van der Waals surface area (Å²) in [4.78, 5) is 17.6. The second kappa shape index (κ2) is 12.2. The number of aromatic hydroxyl groups is 1. The molecule has 34 heavy (non-hydrogen) atoms. The number of hydrogen-bond acceptors (Lipinski definition) is 6. The molecule has 0 bridgehead atoms. The number of hydrogen-bond donors (Lipinski definition) is 1. The second-order valence-electron chi connectivity index (χ2n) is 10.2. The Hall–Kier alpha value is -1.89. The van der Waals surface area contributed by atoms with Crippen LogP contribution in [-0.4, -0.2) is 60.8 Å². The molecule has 0 amide bonds. The molecule has 1 aromatic heterocycles. The van der Waals surface area contributed by atoms with Crippen molar-refractivity contribution in [2.45, 2.75) is 77.3 Å². The topological polar surface area (TPSA) is 66.2 Å². The molecule has 0 spiro atoms. The van der Waals surface area contributed by atoms with Gasteiger partial charge in [0.1, 0.15) is 11.3 Å². The molecule has 2 aliphatic heterocycles. The van der Waals surface area contributed by atoms with Crippen molar-refractivity contribution in [1.29, 1.82) is 0 Å². The maximum atomic E-state index is 12.4. The molecule has 2 aliphatic rings. The Bertz CT molecular complexity index is 986. The number of phenolic OH excluding ortho intramolecular Hbond substituents is 1. The Morgan fingerprint density at radius 1 is 1.18 bits per heavy atom. The molecule has 3 heterocycles. The highest BCUT2D eigenvalue weighted by Gasteiger charge is 2.34. The summed E-state index contributed by atoms with van der Waals surface area (Å²) in [6, 6.07) is 5.96. The first-order valence-corrected chi connectivity index (χ1v) is 13.3. The SMILES string of the molecule is CCCCc1cc(=O)oc2c(CN(CCCOC)CC3CCCN4CCCCC34)c(O)ccc12. The fraction of sp³-hybridized carbons (Fsp3) is 0.679. The van der Waals surface area contributed by atoms with Crippen molar-refractivity contribution in [1.82, 2.24) is 9.80 Å². The molecule has 2 atom stereocenters. The first-order valence-electron chi connectivity index (χ1n) is 13.3. The molecular weight excluding hydrogens is 428 g/mol. The maximum Gasteiger partial charge on any atom is 0.336 e. The van der Waals surface area contributed by atoms with Crippen LogP contribution in [0.25, 0.3) is 11.0 Å². The van der Waals surface area contributed by atoms with Crippen LogP contribution in [0.5, 0.6) is 5.75 Å². The van der Waals surface area contributed by atoms with Crippen molar-refractivity contribution in [2.24, 2.45) is 5.92 Å². The average Bonchev–Trinajstić information content (AvgIpc) is 2.84. The van der Waals surface area contributed by atoms with E-state index in [0.29, 0.717) is 30.7 Å². The van der Waals surface area contributed by atoms with Crippen molar-refractivity contribution in [3.63, 3.8) is 0 Å². The molecule has 188 valence electrons. The molecule has 0 aliphatic carbocycles. The van der Waals surface area contributed by atoms with E-state index in [0.717, 1.165) is 55.3 Å². The number of benzene rings is 1. The minimum atomic E-state index is -0.332. The minimum absolute atomic E-state index is 0.211. The van der Waals surface area contributed by atoms with Gasteiger partial charge in [0.2, 0.25) is 0 Å². The highest BCUT2D eigenvalue weighted by Crippen LogP contribution is 2.34. The van der Waals surface area contributed by atoms with Crippen molar-refractivity contribution in [2.75, 3.05) is 39.9 Å². The van der Waals surface area contributed by atoms with E-state index in [9.17, 15) is 9.90 Å². The third-order valence-corrected chi connectivity index (χ3v) is 7.80. The van der Waals surface area contributed by atoms with E-state index in [4.69, 9.17) is 9.15 Å². The molecule has 2 saturated heterocycles. The van der Waals surface area contributed by atoms with Gasteiger partial charge in [0.05, 0.1) is 5.56 Å². The zero-order chi connectivity index (χ0) is 23.9. The van der Waals surface area contributed by atoms with Crippen LogP contribution in [0.15, 0.2) is 27.4 Å². The summed E-state index contributed by atoms with van der Waals surface area (Å²) in [6.45, 7) is 7.82. The number of aryl methyl sites for hydroxylation is 1. The van der Waals surface area contributed by atoms with Gasteiger partial charge in [-0.3, -0.25) is 4.90 Å². The number of piperidine rings is 2. The Labute approximate surface area is 203 Å². The monoisotopic (exact) mass is 470 g/mol. The van der Waals surface area contributed by atoms with Crippen LogP contribution < -0.4 is 5.63 Å². The number of fused-ring (bicyclic) bond motifs is 2. The van der Waals surface area contributed by atoms with Gasteiger partial charge >= 0.3 is 5.63 Å². The molecule has 2 fully saturated rings. The summed E-state index contributed by atoms with van der Waals surface area (Å²) >= 11 is 0. The van der Waals surface area contributed by atoms with Gasteiger partial charge < -0.3 is 19.2 Å². The van der Waals surface area contributed by atoms with Crippen molar-refractivity contribution < 1.29 is 14.3 Å². The summed E-state index contributed by atoms with van der Waals surface area (Å²) in [6.07, 6.45) is 10.4. The molecule has 2 aromatic rings. The summed E-state index contributed by atoms with van der Waals surface area (Å²) in [7, 11) is 1.74. The number of nitrogens with zero attached hydrogens (tertiary/aromatic N) is 2. The Balaban J connectivity index is 1.61. The lowest BCUT2D eigenvalue weighted by Crippen LogP contribution is -2.51. The van der Waals surface area contributed by atoms with Crippen LogP contribution in [0, 0.1) is 5.92 Å². The van der Waals surface area contributed by atoms with E-state index in [2.05, 4.69) is 16.7 Å². The molecule has 6 heteroatoms. The lowest BCUT2D eigenvalue weighted by Gasteiger charge is -2.45. The van der Waals surface area contributed by atoms with E-state index >= 15 is 0 Å². The molecule has 1 N–H and O–H groups in total. The van der Waals surface area contributed by atoms with Crippen LogP contribution >= 0.6 is 0 Å². The lowest BCUT2D eigenvalue weighted by molar-refractivity contribution is 0.0372. The summed E-state index contributed by atoms with van der Waals surface area (Å²) < 4.78 is 11.1. The summed E-state index contributed by atoms with van der Waals surface area (Å²) in [5.74, 6) is 0.851. The smallest absolute Gasteiger partial charge is 0.336 e. The van der Waals surface area contributed by atoms with E-state index in [1.807, 2.05) is 6.07 Å². The maximum absolute atomic E-state index is 12.4. The van der Waals surface area contributed by atoms with Gasteiger partial charge in [-0.15, -0.1) is 0 Å². The molecule has 0 saturated carbocycles. The van der Waals surface area contributed by atoms with Crippen LogP contribution in [0.1, 0.15) is 69.4 Å². The Kier molecular flexibility index (Phi) is 9.04. The van der Waals surface area contributed by atoms with Crippen LogP contribution in [-0.2, 0) is 17.7 Å². The number of unbranched alkanes of at least 4 members (excludes halogenated alkanes) is 1. The number of phenols is 1. The quantitative estimate of drug-likeness (QED) is 0.370. The van der Waals surface area contributed by atoms with Gasteiger partial charge in [-0.25, -0.2) is 4.79 Å². The minimum Gasteiger partial charge on any atom is -0.507 e. The highest BCUT2D eigenvalue weighted by atomic mass is 16.5. The standard InChI is InChI=1S/C28H42N2O4/c1-3-4-9-21-18-27(32)34-28-23(21)12-13-26(31)24(28)20-29(14-8-17-33-2)19-22-10-7-16-30-15-6-5-11-25(22)30/h12-13,18,22,25,31H,3-11,14-17,19-20H2,1-2H3. The van der Waals surface area contributed by atoms with E-state index in [1.54, 1.807) is 19.2 Å². The lowest BCUT2D eigenvalue weighted by atomic mass is 9.83. The van der Waals surface area contributed by atoms with Gasteiger partial charge in [-0.1, -0.05) is 19.8 Å². The van der Waals surface area contributed by atoms with Crippen molar-refractivity contribution >= 4 is 11.0 Å². The average molecular weight is 471 g/mol. The van der Waals surface area contributed by atoms with Crippen LogP contribution in [0.4, 0.5) is 0 Å². The van der Waals surface area contributed by atoms with Crippen molar-refractivity contribution in [3.05, 3.63) is 39.7 Å². The van der Waals surface area contributed by atoms with Crippen molar-refractivity contribution in [3.8, 4) is 5.75 Å². The molecule has 4 rings (SSSR count).